The van der Waals surface area contributed by atoms with Crippen molar-refractivity contribution in [3.63, 3.8) is 0 Å². The summed E-state index contributed by atoms with van der Waals surface area (Å²) in [6, 6.07) is 6.35. The molecule has 0 aliphatic rings. The average Bonchev–Trinajstić information content (AvgIpc) is 3.16. The second-order valence-electron chi connectivity index (χ2n) is 5.39. The van der Waals surface area contributed by atoms with Gasteiger partial charge in [-0.1, -0.05) is 18.2 Å². The molecule has 0 radical (unpaired) electrons. The van der Waals surface area contributed by atoms with E-state index in [-0.39, 0.29) is 30.3 Å². The Morgan fingerprint density at radius 3 is 2.73 bits per heavy atom. The second kappa shape index (κ2) is 7.48. The van der Waals surface area contributed by atoms with Crippen LogP contribution in [0.1, 0.15) is 15.9 Å². The Kier molecular flexibility index (Phi) is 5.12. The van der Waals surface area contributed by atoms with Crippen molar-refractivity contribution in [3.8, 4) is 0 Å². The third kappa shape index (κ3) is 4.14. The van der Waals surface area contributed by atoms with E-state index < -0.39 is 11.9 Å². The van der Waals surface area contributed by atoms with E-state index in [1.165, 1.54) is 23.1 Å². The minimum absolute atomic E-state index is 0.196. The molecule has 0 saturated carbocycles. The number of halogens is 2. The van der Waals surface area contributed by atoms with Crippen LogP contribution in [0.2, 0.25) is 0 Å². The maximum atomic E-state index is 13.7. The molecule has 2 aromatic heterocycles. The molecule has 26 heavy (non-hydrogen) atoms. The Labute approximate surface area is 155 Å². The zero-order valence-electron chi connectivity index (χ0n) is 13.3. The minimum Gasteiger partial charge on any atom is -0.480 e. The topological polar surface area (TPSA) is 102 Å². The highest BCUT2D eigenvalue weighted by Crippen LogP contribution is 2.22. The zero-order chi connectivity index (χ0) is 18.7. The van der Waals surface area contributed by atoms with E-state index in [0.29, 0.717) is 10.0 Å². The van der Waals surface area contributed by atoms with Crippen LogP contribution in [0.25, 0.3) is 0 Å². The summed E-state index contributed by atoms with van der Waals surface area (Å²) in [5.74, 6) is -1.62. The highest BCUT2D eigenvalue weighted by molar-refractivity contribution is 9.10. The average molecular weight is 422 g/mol. The Morgan fingerprint density at radius 1 is 1.23 bits per heavy atom. The summed E-state index contributed by atoms with van der Waals surface area (Å²) in [6.45, 7) is -0.133. The van der Waals surface area contributed by atoms with Gasteiger partial charge in [0.05, 0.1) is 22.8 Å². The van der Waals surface area contributed by atoms with Crippen LogP contribution in [0.5, 0.6) is 0 Å². The lowest BCUT2D eigenvalue weighted by molar-refractivity contribution is -0.137. The number of nitrogens with zero attached hydrogens (tertiary/aromatic N) is 4. The van der Waals surface area contributed by atoms with E-state index in [4.69, 9.17) is 5.11 Å². The van der Waals surface area contributed by atoms with Crippen LogP contribution in [0.15, 0.2) is 47.3 Å². The Balaban J connectivity index is 1.71. The van der Waals surface area contributed by atoms with Crippen molar-refractivity contribution in [1.29, 1.82) is 0 Å². The van der Waals surface area contributed by atoms with E-state index in [0.717, 1.165) is 4.68 Å². The van der Waals surface area contributed by atoms with Crippen LogP contribution in [0, 0.1) is 5.82 Å². The molecule has 3 rings (SSSR count). The summed E-state index contributed by atoms with van der Waals surface area (Å²) in [4.78, 5) is 22.9. The van der Waals surface area contributed by atoms with Gasteiger partial charge >= 0.3 is 5.97 Å². The van der Waals surface area contributed by atoms with E-state index in [9.17, 15) is 14.0 Å². The van der Waals surface area contributed by atoms with E-state index in [1.54, 1.807) is 24.4 Å². The maximum Gasteiger partial charge on any atom is 0.325 e. The van der Waals surface area contributed by atoms with Crippen LogP contribution in [-0.2, 0) is 17.9 Å². The quantitative estimate of drug-likeness (QED) is 0.635. The number of hydrogen-bond acceptors (Lipinski definition) is 4. The van der Waals surface area contributed by atoms with Gasteiger partial charge in [0.2, 0.25) is 0 Å². The van der Waals surface area contributed by atoms with E-state index in [2.05, 4.69) is 31.4 Å². The van der Waals surface area contributed by atoms with Crippen molar-refractivity contribution in [3.05, 3.63) is 64.3 Å². The molecule has 1 aromatic carbocycles. The van der Waals surface area contributed by atoms with Crippen molar-refractivity contribution in [2.45, 2.75) is 13.1 Å². The number of carbonyl (C=O) groups is 2. The van der Waals surface area contributed by atoms with Crippen molar-refractivity contribution in [2.24, 2.45) is 0 Å². The fourth-order valence-electron chi connectivity index (χ4n) is 2.25. The Morgan fingerprint density at radius 2 is 2.00 bits per heavy atom. The predicted octanol–water partition coefficient (Wildman–Crippen LogP) is 2.37. The molecular weight excluding hydrogens is 409 g/mol. The van der Waals surface area contributed by atoms with Crippen LogP contribution in [-0.4, -0.2) is 36.5 Å². The molecule has 0 atom stereocenters. The Hall–Kier alpha value is -3.01. The lowest BCUT2D eigenvalue weighted by Crippen LogP contribution is -2.13. The van der Waals surface area contributed by atoms with Gasteiger partial charge in [-0.15, -0.1) is 0 Å². The van der Waals surface area contributed by atoms with Gasteiger partial charge < -0.3 is 10.4 Å². The number of aromatic nitrogens is 4. The summed E-state index contributed by atoms with van der Waals surface area (Å²) < 4.78 is 16.9. The zero-order valence-corrected chi connectivity index (χ0v) is 14.9. The molecular formula is C16H13BrFN5O3. The summed E-state index contributed by atoms with van der Waals surface area (Å²) in [7, 11) is 0. The highest BCUT2D eigenvalue weighted by atomic mass is 79.9. The van der Waals surface area contributed by atoms with Gasteiger partial charge in [-0.3, -0.25) is 19.0 Å². The molecule has 0 unspecified atom stereocenters. The first-order chi connectivity index (χ1) is 12.4. The number of benzene rings is 1. The summed E-state index contributed by atoms with van der Waals surface area (Å²) in [5.41, 5.74) is 0.664. The molecule has 1 amide bonds. The van der Waals surface area contributed by atoms with Crippen LogP contribution in [0.3, 0.4) is 0 Å². The van der Waals surface area contributed by atoms with Crippen LogP contribution < -0.4 is 5.32 Å². The number of nitrogens with one attached hydrogen (secondary N) is 1. The van der Waals surface area contributed by atoms with Gasteiger partial charge in [0, 0.05) is 18.0 Å². The highest BCUT2D eigenvalue weighted by Gasteiger charge is 2.15. The smallest absolute Gasteiger partial charge is 0.325 e. The first-order valence-corrected chi connectivity index (χ1v) is 8.23. The fraction of sp³-hybridized carbons (Fsp3) is 0.125. The number of aliphatic carboxylic acids is 1. The normalized spacial score (nSPS) is 10.7. The van der Waals surface area contributed by atoms with E-state index >= 15 is 0 Å². The number of carbonyl (C=O) groups excluding carboxylic acids is 1. The second-order valence-corrected chi connectivity index (χ2v) is 6.24. The molecule has 0 fully saturated rings. The van der Waals surface area contributed by atoms with Gasteiger partial charge in [-0.25, -0.2) is 4.39 Å². The number of carboxylic acid groups (broad SMARTS) is 1. The first kappa shape index (κ1) is 17.8. The number of hydrogen-bond donors (Lipinski definition) is 2. The SMILES string of the molecule is O=C(O)Cn1cc(C(=O)Nc2nn(Cc3ccccc3F)cc2Br)cn1. The van der Waals surface area contributed by atoms with Crippen LogP contribution >= 0.6 is 15.9 Å². The van der Waals surface area contributed by atoms with Crippen LogP contribution in [0.4, 0.5) is 10.2 Å². The lowest BCUT2D eigenvalue weighted by Gasteiger charge is -2.03. The van der Waals surface area contributed by atoms with Gasteiger partial charge in [0.25, 0.3) is 5.91 Å². The summed E-state index contributed by atoms with van der Waals surface area (Å²) >= 11 is 3.30. The molecule has 10 heteroatoms. The lowest BCUT2D eigenvalue weighted by atomic mass is 10.2. The summed E-state index contributed by atoms with van der Waals surface area (Å²) in [5, 5.41) is 19.3. The van der Waals surface area contributed by atoms with Gasteiger partial charge in [-0.05, 0) is 22.0 Å². The number of carboxylic acids is 1. The van der Waals surface area contributed by atoms with Gasteiger partial charge in [0.15, 0.2) is 5.82 Å². The number of amides is 1. The molecule has 0 aliphatic heterocycles. The molecule has 0 aliphatic carbocycles. The molecule has 0 spiro atoms. The standard InChI is InChI=1S/C16H13BrFN5O3/c17-12-8-23(6-10-3-1-2-4-13(10)18)21-15(12)20-16(26)11-5-19-22(7-11)9-14(24)25/h1-5,7-8H,6,9H2,(H,24,25)(H,20,21,26). The summed E-state index contributed by atoms with van der Waals surface area (Å²) in [6.07, 6.45) is 4.21. The van der Waals surface area contributed by atoms with Gasteiger partial charge in [-0.2, -0.15) is 10.2 Å². The fourth-order valence-corrected chi connectivity index (χ4v) is 2.66. The van der Waals surface area contributed by atoms with Crippen molar-refractivity contribution >= 4 is 33.6 Å². The third-order valence-corrected chi connectivity index (χ3v) is 4.01. The van der Waals surface area contributed by atoms with Crippen molar-refractivity contribution in [2.75, 3.05) is 5.32 Å². The van der Waals surface area contributed by atoms with Crippen molar-refractivity contribution < 1.29 is 19.1 Å². The first-order valence-electron chi connectivity index (χ1n) is 7.44. The monoisotopic (exact) mass is 421 g/mol. The van der Waals surface area contributed by atoms with Gasteiger partial charge in [0.1, 0.15) is 12.4 Å². The van der Waals surface area contributed by atoms with E-state index in [1.807, 2.05) is 0 Å². The number of rotatable bonds is 6. The third-order valence-electron chi connectivity index (χ3n) is 3.43. The number of anilines is 1. The minimum atomic E-state index is -1.06. The molecule has 8 nitrogen and oxygen atoms in total. The Bertz CT molecular complexity index is 968. The maximum absolute atomic E-state index is 13.7. The molecule has 3 aromatic rings. The predicted molar refractivity (Wildman–Crippen MR) is 93.2 cm³/mol. The van der Waals surface area contributed by atoms with Crippen molar-refractivity contribution in [1.82, 2.24) is 19.6 Å². The molecule has 0 bridgehead atoms. The molecule has 2 heterocycles. The molecule has 134 valence electrons. The molecule has 0 saturated heterocycles. The largest absolute Gasteiger partial charge is 0.480 e. The molecule has 2 N–H and O–H groups in total.